The highest BCUT2D eigenvalue weighted by Gasteiger charge is 2.42. The standard InChI is InChI=1S/C28H29BrN2O6S2/c1-3-36-27(34)24(19-10-6-4-7-11-19)31-26(33)22(39-28(31)38)16-18-14-20(29)25(21(15-18)35-2)37-17-23(32)30-12-8-5-9-13-30/h4,6-7,10-11,14-16,24H,3,5,8-9,12-13,17H2,1-2H3/b22-16+. The monoisotopic (exact) mass is 632 g/mol. The lowest BCUT2D eigenvalue weighted by Gasteiger charge is -2.26. The second-order valence-electron chi connectivity index (χ2n) is 8.88. The number of esters is 1. The molecule has 2 aromatic rings. The van der Waals surface area contributed by atoms with Crippen molar-refractivity contribution in [2.24, 2.45) is 0 Å². The number of benzene rings is 2. The first-order chi connectivity index (χ1) is 18.8. The first kappa shape index (κ1) is 29.1. The van der Waals surface area contributed by atoms with Crippen LogP contribution in [0, 0.1) is 0 Å². The van der Waals surface area contributed by atoms with Gasteiger partial charge in [-0.3, -0.25) is 14.5 Å². The van der Waals surface area contributed by atoms with E-state index in [1.54, 1.807) is 49.4 Å². The van der Waals surface area contributed by atoms with Crippen molar-refractivity contribution >= 4 is 68.1 Å². The van der Waals surface area contributed by atoms with Gasteiger partial charge in [-0.15, -0.1) is 0 Å². The minimum atomic E-state index is -0.987. The number of ether oxygens (including phenoxy) is 3. The fraction of sp³-hybridized carbons (Fsp3) is 0.357. The summed E-state index contributed by atoms with van der Waals surface area (Å²) in [6, 6.07) is 11.5. The van der Waals surface area contributed by atoms with Gasteiger partial charge >= 0.3 is 5.97 Å². The first-order valence-corrected chi connectivity index (χ1v) is 14.6. The van der Waals surface area contributed by atoms with Crippen LogP contribution in [0.15, 0.2) is 51.8 Å². The number of hydrogen-bond acceptors (Lipinski definition) is 8. The number of carbonyl (C=O) groups is 3. The summed E-state index contributed by atoms with van der Waals surface area (Å²) in [6.45, 7) is 3.30. The van der Waals surface area contributed by atoms with Crippen LogP contribution in [-0.2, 0) is 19.1 Å². The van der Waals surface area contributed by atoms with Crippen LogP contribution in [0.4, 0.5) is 0 Å². The quantitative estimate of drug-likeness (QED) is 0.208. The van der Waals surface area contributed by atoms with Gasteiger partial charge in [-0.2, -0.15) is 0 Å². The van der Waals surface area contributed by atoms with Gasteiger partial charge < -0.3 is 19.1 Å². The molecule has 1 unspecified atom stereocenters. The summed E-state index contributed by atoms with van der Waals surface area (Å²) in [6.07, 6.45) is 4.83. The van der Waals surface area contributed by atoms with Crippen LogP contribution in [0.25, 0.3) is 6.08 Å². The van der Waals surface area contributed by atoms with E-state index in [1.807, 2.05) is 11.0 Å². The number of piperidine rings is 1. The number of thiocarbonyl (C=S) groups is 1. The molecule has 2 aliphatic heterocycles. The number of hydrogen-bond donors (Lipinski definition) is 0. The Hall–Kier alpha value is -2.89. The molecule has 39 heavy (non-hydrogen) atoms. The van der Waals surface area contributed by atoms with Gasteiger partial charge in [0, 0.05) is 13.1 Å². The maximum atomic E-state index is 13.5. The normalized spacial score (nSPS) is 17.4. The highest BCUT2D eigenvalue weighted by Crippen LogP contribution is 2.41. The van der Waals surface area contributed by atoms with Crippen LogP contribution in [0.1, 0.15) is 43.4 Å². The third kappa shape index (κ3) is 6.82. The zero-order valence-electron chi connectivity index (χ0n) is 21.7. The van der Waals surface area contributed by atoms with Gasteiger partial charge in [0.2, 0.25) is 0 Å². The fourth-order valence-electron chi connectivity index (χ4n) is 4.43. The van der Waals surface area contributed by atoms with Gasteiger partial charge in [-0.25, -0.2) is 4.79 Å². The van der Waals surface area contributed by atoms with Gasteiger partial charge in [0.05, 0.1) is 23.1 Å². The Morgan fingerprint density at radius 2 is 1.87 bits per heavy atom. The van der Waals surface area contributed by atoms with Crippen molar-refractivity contribution in [3.8, 4) is 11.5 Å². The summed E-state index contributed by atoms with van der Waals surface area (Å²) < 4.78 is 17.5. The molecule has 0 spiro atoms. The van der Waals surface area contributed by atoms with E-state index in [9.17, 15) is 14.4 Å². The highest BCUT2D eigenvalue weighted by atomic mass is 79.9. The summed E-state index contributed by atoms with van der Waals surface area (Å²) in [5, 5.41) is 0. The molecule has 2 fully saturated rings. The van der Waals surface area contributed by atoms with Crippen molar-refractivity contribution in [2.45, 2.75) is 32.2 Å². The number of thioether (sulfide) groups is 1. The van der Waals surface area contributed by atoms with E-state index in [0.29, 0.717) is 32.0 Å². The van der Waals surface area contributed by atoms with Crippen molar-refractivity contribution in [2.75, 3.05) is 33.4 Å². The van der Waals surface area contributed by atoms with Gasteiger partial charge in [0.25, 0.3) is 11.8 Å². The van der Waals surface area contributed by atoms with E-state index < -0.39 is 17.9 Å². The molecule has 2 amide bonds. The van der Waals surface area contributed by atoms with Crippen molar-refractivity contribution in [1.29, 1.82) is 0 Å². The minimum absolute atomic E-state index is 0.0639. The Morgan fingerprint density at radius 3 is 2.54 bits per heavy atom. The van der Waals surface area contributed by atoms with Crippen LogP contribution in [0.2, 0.25) is 0 Å². The molecule has 11 heteroatoms. The molecule has 0 aromatic heterocycles. The first-order valence-electron chi connectivity index (χ1n) is 12.6. The maximum absolute atomic E-state index is 13.5. The topological polar surface area (TPSA) is 85.4 Å². The van der Waals surface area contributed by atoms with Gasteiger partial charge in [0.1, 0.15) is 4.32 Å². The molecule has 1 atom stereocenters. The smallest absolute Gasteiger partial charge is 0.333 e. The van der Waals surface area contributed by atoms with Crippen LogP contribution in [0.5, 0.6) is 11.5 Å². The predicted molar refractivity (Wildman–Crippen MR) is 157 cm³/mol. The fourth-order valence-corrected chi connectivity index (χ4v) is 6.32. The number of methoxy groups -OCH3 is 1. The van der Waals surface area contributed by atoms with Crippen LogP contribution in [0.3, 0.4) is 0 Å². The predicted octanol–water partition coefficient (Wildman–Crippen LogP) is 5.35. The number of rotatable bonds is 9. The molecule has 8 nitrogen and oxygen atoms in total. The summed E-state index contributed by atoms with van der Waals surface area (Å²) >= 11 is 10.2. The second kappa shape index (κ2) is 13.5. The van der Waals surface area contributed by atoms with Crippen LogP contribution in [-0.4, -0.2) is 65.3 Å². The lowest BCUT2D eigenvalue weighted by atomic mass is 10.1. The van der Waals surface area contributed by atoms with E-state index in [1.165, 1.54) is 12.0 Å². The van der Waals surface area contributed by atoms with Gasteiger partial charge in [0.15, 0.2) is 24.1 Å². The summed E-state index contributed by atoms with van der Waals surface area (Å²) in [4.78, 5) is 42.4. The summed E-state index contributed by atoms with van der Waals surface area (Å²) in [7, 11) is 1.51. The number of amides is 2. The van der Waals surface area contributed by atoms with E-state index in [0.717, 1.165) is 44.1 Å². The molecule has 0 bridgehead atoms. The average molecular weight is 634 g/mol. The third-order valence-corrected chi connectivity index (χ3v) is 8.22. The highest BCUT2D eigenvalue weighted by molar-refractivity contribution is 9.10. The van der Waals surface area contributed by atoms with Gasteiger partial charge in [-0.1, -0.05) is 54.3 Å². The molecule has 0 aliphatic carbocycles. The number of likely N-dealkylation sites (tertiary alicyclic amines) is 1. The maximum Gasteiger partial charge on any atom is 0.333 e. The largest absolute Gasteiger partial charge is 0.493 e. The van der Waals surface area contributed by atoms with Crippen molar-refractivity contribution < 1.29 is 28.6 Å². The molecule has 2 aromatic carbocycles. The Bertz CT molecular complexity index is 1280. The Morgan fingerprint density at radius 1 is 1.15 bits per heavy atom. The Balaban J connectivity index is 1.56. The van der Waals surface area contributed by atoms with Crippen LogP contribution < -0.4 is 9.47 Å². The summed E-state index contributed by atoms with van der Waals surface area (Å²) in [5.74, 6) is -0.197. The van der Waals surface area contributed by atoms with Crippen LogP contribution >= 0.6 is 39.9 Å². The minimum Gasteiger partial charge on any atom is -0.493 e. The molecular weight excluding hydrogens is 604 g/mol. The SMILES string of the molecule is CCOC(=O)C(c1ccccc1)N1C(=O)/C(=C\c2cc(Br)c(OCC(=O)N3CCCCC3)c(OC)c2)SC1=S. The van der Waals surface area contributed by atoms with E-state index in [2.05, 4.69) is 15.9 Å². The third-order valence-electron chi connectivity index (χ3n) is 6.31. The Labute approximate surface area is 245 Å². The van der Waals surface area contributed by atoms with E-state index in [4.69, 9.17) is 26.4 Å². The van der Waals surface area contributed by atoms with E-state index in [-0.39, 0.29) is 23.4 Å². The van der Waals surface area contributed by atoms with Crippen molar-refractivity contribution in [3.63, 3.8) is 0 Å². The molecule has 2 heterocycles. The molecule has 0 N–H and O–H groups in total. The lowest BCUT2D eigenvalue weighted by molar-refractivity contribution is -0.151. The van der Waals surface area contributed by atoms with E-state index >= 15 is 0 Å². The van der Waals surface area contributed by atoms with Gasteiger partial charge in [-0.05, 0) is 71.5 Å². The second-order valence-corrected chi connectivity index (χ2v) is 11.4. The average Bonchev–Trinajstić information content (AvgIpc) is 3.21. The number of carbonyl (C=O) groups excluding carboxylic acids is 3. The zero-order chi connectivity index (χ0) is 27.9. The lowest BCUT2D eigenvalue weighted by Crippen LogP contribution is -2.38. The molecule has 0 radical (unpaired) electrons. The Kier molecular flexibility index (Phi) is 10.0. The zero-order valence-corrected chi connectivity index (χ0v) is 24.9. The number of halogens is 1. The molecule has 0 saturated carbocycles. The molecular formula is C28H29BrN2O6S2. The molecule has 4 rings (SSSR count). The number of nitrogens with zero attached hydrogens (tertiary/aromatic N) is 2. The molecule has 2 saturated heterocycles. The summed E-state index contributed by atoms with van der Waals surface area (Å²) in [5.41, 5.74) is 1.26. The van der Waals surface area contributed by atoms with Crippen molar-refractivity contribution in [3.05, 3.63) is 63.0 Å². The molecule has 206 valence electrons. The molecule has 2 aliphatic rings. The van der Waals surface area contributed by atoms with Crippen molar-refractivity contribution in [1.82, 2.24) is 9.80 Å².